The third kappa shape index (κ3) is 2.37. The van der Waals surface area contributed by atoms with Crippen LogP contribution in [0, 0.1) is 10.1 Å². The lowest BCUT2D eigenvalue weighted by molar-refractivity contribution is -0.384. The minimum Gasteiger partial charge on any atom is -0.508 e. The molecule has 28 heavy (non-hydrogen) atoms. The van der Waals surface area contributed by atoms with E-state index in [-0.39, 0.29) is 39.2 Å². The number of amides is 2. The van der Waals surface area contributed by atoms with Crippen molar-refractivity contribution < 1.29 is 29.5 Å². The number of hydrogen-bond donors (Lipinski definition) is 2. The number of nitro groups is 1. The topological polar surface area (TPSA) is 138 Å². The second kappa shape index (κ2) is 5.88. The first-order chi connectivity index (χ1) is 13.3. The van der Waals surface area contributed by atoms with Gasteiger partial charge in [0.05, 0.1) is 21.7 Å². The van der Waals surface area contributed by atoms with Crippen molar-refractivity contribution in [2.75, 3.05) is 4.90 Å². The van der Waals surface area contributed by atoms with E-state index in [4.69, 9.17) is 0 Å². The number of rotatable bonds is 3. The molecule has 0 saturated heterocycles. The zero-order valence-electron chi connectivity index (χ0n) is 13.9. The van der Waals surface area contributed by atoms with Gasteiger partial charge in [0.2, 0.25) is 0 Å². The fraction of sp³-hybridized carbons (Fsp3) is 0. The molecule has 4 rings (SSSR count). The van der Waals surface area contributed by atoms with Gasteiger partial charge in [-0.2, -0.15) is 0 Å². The molecule has 9 heteroatoms. The molecular formula is C19H10N2O7. The van der Waals surface area contributed by atoms with Crippen molar-refractivity contribution in [2.24, 2.45) is 0 Å². The molecular weight excluding hydrogens is 368 g/mol. The highest BCUT2D eigenvalue weighted by atomic mass is 16.6. The molecule has 0 aromatic heterocycles. The van der Waals surface area contributed by atoms with Gasteiger partial charge in [-0.15, -0.1) is 0 Å². The van der Waals surface area contributed by atoms with Gasteiger partial charge in [-0.3, -0.25) is 19.7 Å². The smallest absolute Gasteiger partial charge is 0.337 e. The van der Waals surface area contributed by atoms with Gasteiger partial charge in [-0.05, 0) is 23.6 Å². The Morgan fingerprint density at radius 3 is 2.39 bits per heavy atom. The first-order valence-electron chi connectivity index (χ1n) is 7.96. The molecule has 2 N–H and O–H groups in total. The highest BCUT2D eigenvalue weighted by Gasteiger charge is 2.37. The lowest BCUT2D eigenvalue weighted by Crippen LogP contribution is -2.41. The maximum atomic E-state index is 13.1. The van der Waals surface area contributed by atoms with Crippen LogP contribution < -0.4 is 4.90 Å². The number of aromatic carboxylic acids is 1. The molecule has 0 fully saturated rings. The van der Waals surface area contributed by atoms with Gasteiger partial charge in [0, 0.05) is 29.1 Å². The summed E-state index contributed by atoms with van der Waals surface area (Å²) in [5, 5.41) is 31.0. The van der Waals surface area contributed by atoms with Crippen molar-refractivity contribution in [3.8, 4) is 5.75 Å². The van der Waals surface area contributed by atoms with Crippen molar-refractivity contribution >= 4 is 39.9 Å². The number of imide groups is 1. The van der Waals surface area contributed by atoms with Gasteiger partial charge < -0.3 is 10.2 Å². The maximum Gasteiger partial charge on any atom is 0.337 e. The Bertz CT molecular complexity index is 1230. The first-order valence-corrected chi connectivity index (χ1v) is 7.96. The lowest BCUT2D eigenvalue weighted by atomic mass is 9.92. The van der Waals surface area contributed by atoms with Gasteiger partial charge in [0.15, 0.2) is 0 Å². The number of anilines is 1. The normalized spacial score (nSPS) is 13.1. The Morgan fingerprint density at radius 1 is 1.00 bits per heavy atom. The average molecular weight is 378 g/mol. The summed E-state index contributed by atoms with van der Waals surface area (Å²) in [6.45, 7) is 0. The summed E-state index contributed by atoms with van der Waals surface area (Å²) in [6.07, 6.45) is 0. The Labute approximate surface area is 156 Å². The number of hydrogen-bond acceptors (Lipinski definition) is 6. The van der Waals surface area contributed by atoms with Crippen LogP contribution in [0.1, 0.15) is 31.1 Å². The average Bonchev–Trinajstić information content (AvgIpc) is 2.65. The number of nitro benzene ring substituents is 1. The molecule has 0 unspecified atom stereocenters. The monoisotopic (exact) mass is 378 g/mol. The number of nitrogens with zero attached hydrogens (tertiary/aromatic N) is 2. The standard InChI is InChI=1S/C19H10N2O7/c22-11-4-5-12(19(25)26)15(8-11)20-17(23)13-3-1-2-9-6-10(21(27)28)7-14(16(9)13)18(20)24/h1-8,22H,(H,25,26). The van der Waals surface area contributed by atoms with Crippen LogP contribution in [0.25, 0.3) is 10.8 Å². The van der Waals surface area contributed by atoms with Crippen LogP contribution in [-0.2, 0) is 0 Å². The zero-order valence-corrected chi connectivity index (χ0v) is 13.9. The van der Waals surface area contributed by atoms with Gasteiger partial charge >= 0.3 is 5.97 Å². The van der Waals surface area contributed by atoms with E-state index in [0.717, 1.165) is 24.3 Å². The second-order valence-corrected chi connectivity index (χ2v) is 6.11. The molecule has 1 aliphatic heterocycles. The molecule has 0 radical (unpaired) electrons. The molecule has 3 aromatic rings. The highest BCUT2D eigenvalue weighted by Crippen LogP contribution is 2.37. The van der Waals surface area contributed by atoms with E-state index < -0.39 is 22.7 Å². The molecule has 3 aromatic carbocycles. The van der Waals surface area contributed by atoms with Crippen LogP contribution in [0.4, 0.5) is 11.4 Å². The fourth-order valence-electron chi connectivity index (χ4n) is 3.30. The molecule has 0 saturated carbocycles. The van der Waals surface area contributed by atoms with Crippen molar-refractivity contribution in [2.45, 2.75) is 0 Å². The molecule has 138 valence electrons. The molecule has 0 atom stereocenters. The summed E-state index contributed by atoms with van der Waals surface area (Å²) in [4.78, 5) is 48.8. The number of carbonyl (C=O) groups excluding carboxylic acids is 2. The van der Waals surface area contributed by atoms with Gasteiger partial charge in [-0.25, -0.2) is 9.69 Å². The third-order valence-electron chi connectivity index (χ3n) is 4.49. The summed E-state index contributed by atoms with van der Waals surface area (Å²) < 4.78 is 0. The third-order valence-corrected chi connectivity index (χ3v) is 4.49. The summed E-state index contributed by atoms with van der Waals surface area (Å²) in [5.74, 6) is -3.45. The summed E-state index contributed by atoms with van der Waals surface area (Å²) in [5.41, 5.74) is -1.03. The van der Waals surface area contributed by atoms with Gasteiger partial charge in [-0.1, -0.05) is 12.1 Å². The summed E-state index contributed by atoms with van der Waals surface area (Å²) >= 11 is 0. The molecule has 1 aliphatic rings. The van der Waals surface area contributed by atoms with E-state index in [1.54, 1.807) is 6.07 Å². The number of phenolic OH excluding ortho intramolecular Hbond substituents is 1. The second-order valence-electron chi connectivity index (χ2n) is 6.11. The Morgan fingerprint density at radius 2 is 1.71 bits per heavy atom. The predicted octanol–water partition coefficient (Wildman–Crippen LogP) is 2.95. The Balaban J connectivity index is 2.03. The van der Waals surface area contributed by atoms with Crippen LogP contribution >= 0.6 is 0 Å². The van der Waals surface area contributed by atoms with Crippen LogP contribution in [0.15, 0.2) is 48.5 Å². The van der Waals surface area contributed by atoms with Crippen molar-refractivity contribution in [3.63, 3.8) is 0 Å². The lowest BCUT2D eigenvalue weighted by Gasteiger charge is -2.28. The number of aromatic hydroxyl groups is 1. The number of carboxylic acids is 1. The van der Waals surface area contributed by atoms with Gasteiger partial charge in [0.25, 0.3) is 17.5 Å². The van der Waals surface area contributed by atoms with Crippen molar-refractivity contribution in [1.82, 2.24) is 0 Å². The molecule has 0 spiro atoms. The minimum absolute atomic E-state index is 0.0981. The van der Waals surface area contributed by atoms with E-state index >= 15 is 0 Å². The van der Waals surface area contributed by atoms with E-state index in [0.29, 0.717) is 10.3 Å². The van der Waals surface area contributed by atoms with Crippen molar-refractivity contribution in [1.29, 1.82) is 0 Å². The van der Waals surface area contributed by atoms with Crippen LogP contribution in [0.3, 0.4) is 0 Å². The number of carbonyl (C=O) groups is 3. The minimum atomic E-state index is -1.40. The highest BCUT2D eigenvalue weighted by molar-refractivity contribution is 6.36. The van der Waals surface area contributed by atoms with E-state index in [1.807, 2.05) is 0 Å². The Hall–Kier alpha value is -4.27. The van der Waals surface area contributed by atoms with Gasteiger partial charge in [0.1, 0.15) is 5.75 Å². The van der Waals surface area contributed by atoms with Crippen molar-refractivity contribution in [3.05, 3.63) is 75.3 Å². The first kappa shape index (κ1) is 17.2. The summed E-state index contributed by atoms with van der Waals surface area (Å²) in [6, 6.07) is 9.99. The largest absolute Gasteiger partial charge is 0.508 e. The number of benzene rings is 3. The maximum absolute atomic E-state index is 13.1. The molecule has 2 amide bonds. The quantitative estimate of drug-likeness (QED) is 0.406. The SMILES string of the molecule is O=C(O)c1ccc(O)cc1N1C(=O)c2cccc3cc([N+](=O)[O-])cc(c23)C1=O. The predicted molar refractivity (Wildman–Crippen MR) is 96.8 cm³/mol. The molecule has 9 nitrogen and oxygen atoms in total. The number of carboxylic acid groups (broad SMARTS) is 1. The zero-order chi connectivity index (χ0) is 20.2. The fourth-order valence-corrected chi connectivity index (χ4v) is 3.30. The van der Waals surface area contributed by atoms with Crippen LogP contribution in [-0.4, -0.2) is 32.9 Å². The molecule has 1 heterocycles. The van der Waals surface area contributed by atoms with Crippen LogP contribution in [0.5, 0.6) is 5.75 Å². The van der Waals surface area contributed by atoms with Crippen LogP contribution in [0.2, 0.25) is 0 Å². The van der Waals surface area contributed by atoms with E-state index in [9.17, 15) is 34.7 Å². The number of non-ortho nitro benzene ring substituents is 1. The van der Waals surface area contributed by atoms with E-state index in [1.165, 1.54) is 18.2 Å². The van der Waals surface area contributed by atoms with E-state index in [2.05, 4.69) is 0 Å². The Kier molecular flexibility index (Phi) is 3.60. The molecule has 0 bridgehead atoms. The molecule has 0 aliphatic carbocycles. The number of phenols is 1. The summed E-state index contributed by atoms with van der Waals surface area (Å²) in [7, 11) is 0.